The Kier molecular flexibility index (Phi) is 5.88. The number of hydrogen-bond donors (Lipinski definition) is 0. The fourth-order valence-corrected chi connectivity index (χ4v) is 4.35. The molecule has 0 N–H and O–H groups in total. The van der Waals surface area contributed by atoms with Crippen LogP contribution in [0.2, 0.25) is 0 Å². The van der Waals surface area contributed by atoms with Crippen molar-refractivity contribution < 1.29 is 9.53 Å². The molecule has 0 saturated carbocycles. The van der Waals surface area contributed by atoms with E-state index in [4.69, 9.17) is 9.84 Å². The van der Waals surface area contributed by atoms with Crippen molar-refractivity contribution in [2.24, 2.45) is 0 Å². The molecule has 34 heavy (non-hydrogen) atoms. The largest absolute Gasteiger partial charge is 0.456 e. The number of nitrogens with zero attached hydrogens (tertiary/aromatic N) is 4. The Hall–Kier alpha value is -4.30. The number of aromatic nitrogens is 4. The molecule has 0 bridgehead atoms. The van der Waals surface area contributed by atoms with E-state index in [1.54, 1.807) is 28.2 Å². The molecule has 5 aromatic rings. The number of esters is 1. The Bertz CT molecular complexity index is 1550. The smallest absolute Gasteiger partial charge is 0.331 e. The number of para-hydroxylation sites is 1. The molecule has 0 saturated heterocycles. The van der Waals surface area contributed by atoms with Gasteiger partial charge in [0, 0.05) is 29.6 Å². The van der Waals surface area contributed by atoms with Crippen molar-refractivity contribution in [3.63, 3.8) is 0 Å². The second-order valence-corrected chi connectivity index (χ2v) is 8.53. The molecule has 8 heteroatoms. The molecule has 4 heterocycles. The van der Waals surface area contributed by atoms with Gasteiger partial charge in [-0.05, 0) is 48.7 Å². The second kappa shape index (κ2) is 9.29. The first-order valence-electron chi connectivity index (χ1n) is 10.6. The summed E-state index contributed by atoms with van der Waals surface area (Å²) in [4.78, 5) is 30.2. The lowest BCUT2D eigenvalue weighted by Gasteiger charge is -2.06. The molecule has 0 atom stereocenters. The van der Waals surface area contributed by atoms with Crippen molar-refractivity contribution in [1.29, 1.82) is 0 Å². The predicted molar refractivity (Wildman–Crippen MR) is 132 cm³/mol. The van der Waals surface area contributed by atoms with Crippen molar-refractivity contribution in [3.8, 4) is 16.3 Å². The zero-order valence-corrected chi connectivity index (χ0v) is 19.1. The summed E-state index contributed by atoms with van der Waals surface area (Å²) in [6, 6.07) is 20.5. The molecule has 0 aliphatic carbocycles. The van der Waals surface area contributed by atoms with Gasteiger partial charge in [0.05, 0.1) is 16.3 Å². The average molecular weight is 469 g/mol. The molecular weight excluding hydrogens is 448 g/mol. The first kappa shape index (κ1) is 21.5. The van der Waals surface area contributed by atoms with Crippen LogP contribution in [0.3, 0.4) is 0 Å². The maximum atomic E-state index is 12.4. The summed E-state index contributed by atoms with van der Waals surface area (Å²) in [5.41, 5.74) is 3.99. The summed E-state index contributed by atoms with van der Waals surface area (Å²) in [6.45, 7) is 1.74. The zero-order chi connectivity index (χ0) is 23.5. The van der Waals surface area contributed by atoms with Crippen molar-refractivity contribution in [2.45, 2.75) is 13.5 Å². The van der Waals surface area contributed by atoms with E-state index in [1.165, 1.54) is 16.5 Å². The van der Waals surface area contributed by atoms with Gasteiger partial charge in [-0.15, -0.1) is 11.3 Å². The number of fused-ring (bicyclic) bond motifs is 1. The first-order valence-corrected chi connectivity index (χ1v) is 11.5. The van der Waals surface area contributed by atoms with Gasteiger partial charge >= 0.3 is 5.97 Å². The molecule has 0 radical (unpaired) electrons. The van der Waals surface area contributed by atoms with E-state index in [0.717, 1.165) is 27.5 Å². The van der Waals surface area contributed by atoms with Crippen molar-refractivity contribution >= 4 is 29.0 Å². The Balaban J connectivity index is 1.35. The zero-order valence-electron chi connectivity index (χ0n) is 18.3. The quantitative estimate of drug-likeness (QED) is 0.267. The lowest BCUT2D eigenvalue weighted by atomic mass is 10.2. The molecule has 5 rings (SSSR count). The molecule has 4 aromatic heterocycles. The monoisotopic (exact) mass is 468 g/mol. The predicted octanol–water partition coefficient (Wildman–Crippen LogP) is 4.67. The number of carbonyl (C=O) groups excluding carboxylic acids is 1. The fourth-order valence-electron chi connectivity index (χ4n) is 3.62. The Morgan fingerprint density at radius 1 is 1.09 bits per heavy atom. The number of rotatable bonds is 6. The van der Waals surface area contributed by atoms with E-state index in [1.807, 2.05) is 73.1 Å². The van der Waals surface area contributed by atoms with E-state index in [9.17, 15) is 9.59 Å². The number of carbonyl (C=O) groups is 1. The molecular formula is C26H20N4O3S. The molecule has 0 amide bonds. The van der Waals surface area contributed by atoms with Crippen LogP contribution >= 0.6 is 11.3 Å². The molecule has 168 valence electrons. The normalized spacial score (nSPS) is 11.3. The van der Waals surface area contributed by atoms with Crippen LogP contribution in [-0.4, -0.2) is 25.1 Å². The lowest BCUT2D eigenvalue weighted by Crippen LogP contribution is -2.18. The highest BCUT2D eigenvalue weighted by atomic mass is 32.1. The van der Waals surface area contributed by atoms with Gasteiger partial charge in [-0.3, -0.25) is 9.20 Å². The highest BCUT2D eigenvalue weighted by molar-refractivity contribution is 7.13. The molecule has 0 spiro atoms. The van der Waals surface area contributed by atoms with Gasteiger partial charge in [0.1, 0.15) is 17.9 Å². The van der Waals surface area contributed by atoms with E-state index in [0.29, 0.717) is 11.3 Å². The summed E-state index contributed by atoms with van der Waals surface area (Å²) in [6.07, 6.45) is 4.93. The molecule has 1 aromatic carbocycles. The molecule has 0 aliphatic rings. The third-order valence-electron chi connectivity index (χ3n) is 5.21. The SMILES string of the molecule is Cc1cccc2nc(COC(=O)/C=C/c3cn(-c4ccccc4)nc3-c3cccs3)cc(=O)n12. The van der Waals surface area contributed by atoms with Gasteiger partial charge < -0.3 is 4.74 Å². The van der Waals surface area contributed by atoms with Gasteiger partial charge in [-0.25, -0.2) is 14.5 Å². The van der Waals surface area contributed by atoms with E-state index in [2.05, 4.69) is 4.98 Å². The molecule has 0 aliphatic heterocycles. The van der Waals surface area contributed by atoms with Gasteiger partial charge in [0.2, 0.25) is 0 Å². The van der Waals surface area contributed by atoms with Crippen LogP contribution in [0.4, 0.5) is 0 Å². The molecule has 0 unspecified atom stereocenters. The van der Waals surface area contributed by atoms with E-state index >= 15 is 0 Å². The highest BCUT2D eigenvalue weighted by Crippen LogP contribution is 2.28. The van der Waals surface area contributed by atoms with E-state index < -0.39 is 5.97 Å². The van der Waals surface area contributed by atoms with Crippen molar-refractivity contribution in [2.75, 3.05) is 0 Å². The first-order chi connectivity index (χ1) is 16.6. The minimum Gasteiger partial charge on any atom is -0.456 e. The molecule has 0 fully saturated rings. The van der Waals surface area contributed by atoms with Crippen LogP contribution in [0, 0.1) is 6.92 Å². The lowest BCUT2D eigenvalue weighted by molar-refractivity contribution is -0.139. The Morgan fingerprint density at radius 3 is 2.74 bits per heavy atom. The van der Waals surface area contributed by atoms with Crippen LogP contribution < -0.4 is 5.56 Å². The summed E-state index contributed by atoms with van der Waals surface area (Å²) in [7, 11) is 0. The van der Waals surface area contributed by atoms with Gasteiger partial charge in [-0.1, -0.05) is 30.3 Å². The fraction of sp³-hybridized carbons (Fsp3) is 0.0769. The number of aryl methyl sites for hydroxylation is 1. The molecule has 7 nitrogen and oxygen atoms in total. The summed E-state index contributed by atoms with van der Waals surface area (Å²) in [5.74, 6) is -0.532. The summed E-state index contributed by atoms with van der Waals surface area (Å²) >= 11 is 1.58. The standard InChI is InChI=1S/C26H20N4O3S/c1-18-7-5-11-23-27-20(15-24(31)30(18)23)17-33-25(32)13-12-19-16-29(21-8-3-2-4-9-21)28-26(19)22-10-6-14-34-22/h2-16H,17H2,1H3/b13-12+. The van der Waals surface area contributed by atoms with Crippen molar-refractivity contribution in [3.05, 3.63) is 112 Å². The van der Waals surface area contributed by atoms with Crippen LogP contribution in [0.1, 0.15) is 17.0 Å². The Labute approximate surface area is 199 Å². The average Bonchev–Trinajstić information content (AvgIpc) is 3.52. The maximum absolute atomic E-state index is 12.4. The second-order valence-electron chi connectivity index (χ2n) is 7.58. The Morgan fingerprint density at radius 2 is 1.94 bits per heavy atom. The van der Waals surface area contributed by atoms with Crippen LogP contribution in [0.25, 0.3) is 28.0 Å². The van der Waals surface area contributed by atoms with E-state index in [-0.39, 0.29) is 12.2 Å². The van der Waals surface area contributed by atoms with Gasteiger partial charge in [0.15, 0.2) is 0 Å². The minimum absolute atomic E-state index is 0.0933. The van der Waals surface area contributed by atoms with Gasteiger partial charge in [0.25, 0.3) is 5.56 Å². The minimum atomic E-state index is -0.532. The summed E-state index contributed by atoms with van der Waals surface area (Å²) in [5, 5.41) is 6.70. The number of benzene rings is 1. The van der Waals surface area contributed by atoms with Crippen LogP contribution in [-0.2, 0) is 16.1 Å². The van der Waals surface area contributed by atoms with Crippen molar-refractivity contribution in [1.82, 2.24) is 19.2 Å². The maximum Gasteiger partial charge on any atom is 0.331 e. The number of hydrogen-bond acceptors (Lipinski definition) is 6. The highest BCUT2D eigenvalue weighted by Gasteiger charge is 2.12. The topological polar surface area (TPSA) is 78.5 Å². The number of ether oxygens (including phenoxy) is 1. The van der Waals surface area contributed by atoms with Crippen LogP contribution in [0.15, 0.2) is 89.2 Å². The van der Waals surface area contributed by atoms with Gasteiger partial charge in [-0.2, -0.15) is 5.10 Å². The third kappa shape index (κ3) is 4.44. The number of thiophene rings is 1. The third-order valence-corrected chi connectivity index (χ3v) is 6.09. The summed E-state index contributed by atoms with van der Waals surface area (Å²) < 4.78 is 8.65. The van der Waals surface area contributed by atoms with Crippen LogP contribution in [0.5, 0.6) is 0 Å². The number of pyridine rings is 1.